The summed E-state index contributed by atoms with van der Waals surface area (Å²) < 4.78 is 0. The predicted molar refractivity (Wildman–Crippen MR) is 75.0 cm³/mol. The van der Waals surface area contributed by atoms with E-state index < -0.39 is 0 Å². The molecule has 0 spiro atoms. The predicted octanol–water partition coefficient (Wildman–Crippen LogP) is 3.53. The van der Waals surface area contributed by atoms with Gasteiger partial charge in [0.2, 0.25) is 0 Å². The second-order valence-electron chi connectivity index (χ2n) is 4.25. The molecule has 0 saturated carbocycles. The molecule has 0 aliphatic rings. The van der Waals surface area contributed by atoms with Crippen molar-refractivity contribution in [3.8, 4) is 0 Å². The molecule has 2 aromatic carbocycles. The Morgan fingerprint density at radius 1 is 1.06 bits per heavy atom. The van der Waals surface area contributed by atoms with Crippen LogP contribution < -0.4 is 4.90 Å². The third-order valence-electron chi connectivity index (χ3n) is 3.03. The summed E-state index contributed by atoms with van der Waals surface area (Å²) in [7, 11) is 1.81. The minimum absolute atomic E-state index is 0.0175. The lowest BCUT2D eigenvalue weighted by Crippen LogP contribution is -2.26. The van der Waals surface area contributed by atoms with Crippen LogP contribution in [0.4, 0.5) is 5.69 Å². The number of benzene rings is 2. The second-order valence-corrected chi connectivity index (χ2v) is 4.25. The van der Waals surface area contributed by atoms with Crippen LogP contribution in [0.1, 0.15) is 22.8 Å². The van der Waals surface area contributed by atoms with Gasteiger partial charge in [0.25, 0.3) is 5.91 Å². The minimum Gasteiger partial charge on any atom is -0.311 e. The van der Waals surface area contributed by atoms with Crippen molar-refractivity contribution in [3.05, 3.63) is 65.7 Å². The van der Waals surface area contributed by atoms with E-state index in [2.05, 4.69) is 19.1 Å². The summed E-state index contributed by atoms with van der Waals surface area (Å²) in [6.45, 7) is 2.11. The molecular weight excluding hydrogens is 222 g/mol. The highest BCUT2D eigenvalue weighted by atomic mass is 16.2. The number of anilines is 1. The summed E-state index contributed by atoms with van der Waals surface area (Å²) in [5.74, 6) is 0.0175. The normalized spacial score (nSPS) is 10.1. The molecule has 0 atom stereocenters. The molecule has 0 aliphatic carbocycles. The van der Waals surface area contributed by atoms with E-state index in [0.29, 0.717) is 5.56 Å². The minimum atomic E-state index is 0.0175. The van der Waals surface area contributed by atoms with Crippen molar-refractivity contribution in [1.29, 1.82) is 0 Å². The SMILES string of the molecule is CCc1cccc(N(C)C(=O)c2ccccc2)c1. The number of aryl methyl sites for hydroxylation is 1. The molecule has 0 bridgehead atoms. The number of amides is 1. The highest BCUT2D eigenvalue weighted by molar-refractivity contribution is 6.05. The summed E-state index contributed by atoms with van der Waals surface area (Å²) in [6, 6.07) is 17.4. The molecule has 2 rings (SSSR count). The van der Waals surface area contributed by atoms with Crippen LogP contribution in [0.3, 0.4) is 0 Å². The number of hydrogen-bond acceptors (Lipinski definition) is 1. The first-order valence-electron chi connectivity index (χ1n) is 6.14. The number of carbonyl (C=O) groups is 1. The summed E-state index contributed by atoms with van der Waals surface area (Å²) in [5.41, 5.74) is 2.88. The van der Waals surface area contributed by atoms with Crippen LogP contribution in [0.5, 0.6) is 0 Å². The first-order valence-corrected chi connectivity index (χ1v) is 6.14. The van der Waals surface area contributed by atoms with Gasteiger partial charge in [-0.2, -0.15) is 0 Å². The molecule has 18 heavy (non-hydrogen) atoms. The maximum Gasteiger partial charge on any atom is 0.258 e. The van der Waals surface area contributed by atoms with E-state index in [1.54, 1.807) is 4.90 Å². The van der Waals surface area contributed by atoms with Gasteiger partial charge in [0.05, 0.1) is 0 Å². The molecular formula is C16H17NO. The summed E-state index contributed by atoms with van der Waals surface area (Å²) >= 11 is 0. The van der Waals surface area contributed by atoms with Crippen molar-refractivity contribution in [2.24, 2.45) is 0 Å². The van der Waals surface area contributed by atoms with E-state index in [1.165, 1.54) is 5.56 Å². The average molecular weight is 239 g/mol. The molecule has 0 heterocycles. The molecule has 92 valence electrons. The van der Waals surface area contributed by atoms with Gasteiger partial charge < -0.3 is 4.90 Å². The molecule has 0 unspecified atom stereocenters. The number of carbonyl (C=O) groups excluding carboxylic acids is 1. The molecule has 0 saturated heterocycles. The van der Waals surface area contributed by atoms with E-state index in [0.717, 1.165) is 12.1 Å². The molecule has 1 amide bonds. The number of nitrogens with zero attached hydrogens (tertiary/aromatic N) is 1. The Morgan fingerprint density at radius 2 is 1.78 bits per heavy atom. The first kappa shape index (κ1) is 12.4. The highest BCUT2D eigenvalue weighted by Gasteiger charge is 2.12. The standard InChI is InChI=1S/C16H17NO/c1-3-13-8-7-11-15(12-13)17(2)16(18)14-9-5-4-6-10-14/h4-12H,3H2,1-2H3. The van der Waals surface area contributed by atoms with Crippen molar-refractivity contribution in [1.82, 2.24) is 0 Å². The lowest BCUT2D eigenvalue weighted by Gasteiger charge is -2.18. The zero-order valence-electron chi connectivity index (χ0n) is 10.8. The molecule has 0 N–H and O–H groups in total. The van der Waals surface area contributed by atoms with Gasteiger partial charge in [-0.15, -0.1) is 0 Å². The van der Waals surface area contributed by atoms with Gasteiger partial charge in [-0.25, -0.2) is 0 Å². The Balaban J connectivity index is 2.25. The molecule has 2 aromatic rings. The van der Waals surface area contributed by atoms with Crippen LogP contribution in [0.15, 0.2) is 54.6 Å². The Morgan fingerprint density at radius 3 is 2.44 bits per heavy atom. The van der Waals surface area contributed by atoms with Gasteiger partial charge in [-0.05, 0) is 36.2 Å². The summed E-state index contributed by atoms with van der Waals surface area (Å²) in [6.07, 6.45) is 0.973. The van der Waals surface area contributed by atoms with E-state index >= 15 is 0 Å². The first-order chi connectivity index (χ1) is 8.72. The van der Waals surface area contributed by atoms with Crippen LogP contribution >= 0.6 is 0 Å². The highest BCUT2D eigenvalue weighted by Crippen LogP contribution is 2.17. The lowest BCUT2D eigenvalue weighted by molar-refractivity contribution is 0.0993. The van der Waals surface area contributed by atoms with Gasteiger partial charge >= 0.3 is 0 Å². The fraction of sp³-hybridized carbons (Fsp3) is 0.188. The summed E-state index contributed by atoms with van der Waals surface area (Å²) in [5, 5.41) is 0. The van der Waals surface area contributed by atoms with E-state index in [-0.39, 0.29) is 5.91 Å². The lowest BCUT2D eigenvalue weighted by atomic mass is 10.1. The Labute approximate surface area is 108 Å². The van der Waals surface area contributed by atoms with Crippen LogP contribution in [0.2, 0.25) is 0 Å². The molecule has 2 heteroatoms. The van der Waals surface area contributed by atoms with Crippen molar-refractivity contribution in [2.75, 3.05) is 11.9 Å². The van der Waals surface area contributed by atoms with Crippen LogP contribution in [-0.2, 0) is 6.42 Å². The Kier molecular flexibility index (Phi) is 3.78. The van der Waals surface area contributed by atoms with Gasteiger partial charge in [-0.1, -0.05) is 37.3 Å². The molecule has 0 aliphatic heterocycles. The Hall–Kier alpha value is -2.09. The maximum atomic E-state index is 12.3. The van der Waals surface area contributed by atoms with Crippen molar-refractivity contribution < 1.29 is 4.79 Å². The number of rotatable bonds is 3. The smallest absolute Gasteiger partial charge is 0.258 e. The number of hydrogen-bond donors (Lipinski definition) is 0. The van der Waals surface area contributed by atoms with Crippen molar-refractivity contribution in [2.45, 2.75) is 13.3 Å². The summed E-state index contributed by atoms with van der Waals surface area (Å²) in [4.78, 5) is 14.0. The topological polar surface area (TPSA) is 20.3 Å². The zero-order chi connectivity index (χ0) is 13.0. The van der Waals surface area contributed by atoms with E-state index in [9.17, 15) is 4.79 Å². The van der Waals surface area contributed by atoms with Crippen LogP contribution in [0, 0.1) is 0 Å². The molecule has 0 aromatic heterocycles. The molecule has 0 fully saturated rings. The van der Waals surface area contributed by atoms with Gasteiger partial charge in [0, 0.05) is 18.3 Å². The van der Waals surface area contributed by atoms with Gasteiger partial charge in [0.15, 0.2) is 0 Å². The molecule has 2 nitrogen and oxygen atoms in total. The maximum absolute atomic E-state index is 12.3. The molecule has 0 radical (unpaired) electrons. The van der Waals surface area contributed by atoms with Gasteiger partial charge in [-0.3, -0.25) is 4.79 Å². The van der Waals surface area contributed by atoms with Crippen molar-refractivity contribution in [3.63, 3.8) is 0 Å². The fourth-order valence-corrected chi connectivity index (χ4v) is 1.88. The quantitative estimate of drug-likeness (QED) is 0.802. The Bertz CT molecular complexity index is 534. The zero-order valence-corrected chi connectivity index (χ0v) is 10.8. The van der Waals surface area contributed by atoms with E-state index in [1.807, 2.05) is 49.5 Å². The van der Waals surface area contributed by atoms with Crippen LogP contribution in [-0.4, -0.2) is 13.0 Å². The third-order valence-corrected chi connectivity index (χ3v) is 3.03. The third kappa shape index (κ3) is 2.59. The van der Waals surface area contributed by atoms with Gasteiger partial charge in [0.1, 0.15) is 0 Å². The second kappa shape index (κ2) is 5.50. The van der Waals surface area contributed by atoms with Crippen molar-refractivity contribution >= 4 is 11.6 Å². The fourth-order valence-electron chi connectivity index (χ4n) is 1.88. The monoisotopic (exact) mass is 239 g/mol. The van der Waals surface area contributed by atoms with Crippen LogP contribution in [0.25, 0.3) is 0 Å². The van der Waals surface area contributed by atoms with E-state index in [4.69, 9.17) is 0 Å². The average Bonchev–Trinajstić information content (AvgIpc) is 2.46. The largest absolute Gasteiger partial charge is 0.311 e.